The van der Waals surface area contributed by atoms with Crippen LogP contribution in [0.3, 0.4) is 0 Å². The van der Waals surface area contributed by atoms with Crippen LogP contribution in [0.5, 0.6) is 0 Å². The molecule has 3 aliphatic rings. The van der Waals surface area contributed by atoms with Crippen molar-refractivity contribution in [2.24, 2.45) is 5.92 Å². The SMILES string of the molecule is O=C1CCCN1c1ccc(CN2CC[C@H]3CCCC32)cc1. The van der Waals surface area contributed by atoms with Crippen LogP contribution in [0, 0.1) is 5.92 Å². The van der Waals surface area contributed by atoms with Gasteiger partial charge in [-0.25, -0.2) is 0 Å². The Balaban J connectivity index is 1.43. The Labute approximate surface area is 126 Å². The van der Waals surface area contributed by atoms with Crippen LogP contribution in [0.1, 0.15) is 44.1 Å². The molecule has 3 heteroatoms. The number of nitrogens with zero attached hydrogens (tertiary/aromatic N) is 2. The maximum atomic E-state index is 11.8. The van der Waals surface area contributed by atoms with E-state index in [-0.39, 0.29) is 5.91 Å². The second kappa shape index (κ2) is 5.45. The summed E-state index contributed by atoms with van der Waals surface area (Å²) < 4.78 is 0. The molecule has 1 unspecified atom stereocenters. The Bertz CT molecular complexity index is 525. The zero-order valence-corrected chi connectivity index (χ0v) is 12.6. The van der Waals surface area contributed by atoms with Crippen LogP contribution in [0.2, 0.25) is 0 Å². The average molecular weight is 284 g/mol. The van der Waals surface area contributed by atoms with Gasteiger partial charge < -0.3 is 4.90 Å². The molecule has 1 aliphatic carbocycles. The summed E-state index contributed by atoms with van der Waals surface area (Å²) in [4.78, 5) is 16.4. The predicted octanol–water partition coefficient (Wildman–Crippen LogP) is 3.19. The van der Waals surface area contributed by atoms with Gasteiger partial charge in [-0.3, -0.25) is 9.69 Å². The van der Waals surface area contributed by atoms with Gasteiger partial charge in [0.15, 0.2) is 0 Å². The number of likely N-dealkylation sites (tertiary alicyclic amines) is 1. The van der Waals surface area contributed by atoms with E-state index in [0.717, 1.165) is 37.2 Å². The molecule has 21 heavy (non-hydrogen) atoms. The molecule has 112 valence electrons. The first-order chi connectivity index (χ1) is 10.3. The third kappa shape index (κ3) is 2.48. The first kappa shape index (κ1) is 13.3. The Morgan fingerprint density at radius 1 is 1.00 bits per heavy atom. The highest BCUT2D eigenvalue weighted by Crippen LogP contribution is 2.38. The summed E-state index contributed by atoms with van der Waals surface area (Å²) in [6.45, 7) is 3.23. The summed E-state index contributed by atoms with van der Waals surface area (Å²) in [7, 11) is 0. The van der Waals surface area contributed by atoms with Gasteiger partial charge in [-0.1, -0.05) is 18.6 Å². The van der Waals surface area contributed by atoms with Gasteiger partial charge in [-0.05, 0) is 55.8 Å². The summed E-state index contributed by atoms with van der Waals surface area (Å²) >= 11 is 0. The molecule has 2 saturated heterocycles. The van der Waals surface area contributed by atoms with Crippen molar-refractivity contribution in [2.75, 3.05) is 18.0 Å². The number of carbonyl (C=O) groups excluding carboxylic acids is 1. The number of fused-ring (bicyclic) bond motifs is 1. The summed E-state index contributed by atoms with van der Waals surface area (Å²) in [5.74, 6) is 1.24. The second-order valence-electron chi connectivity index (χ2n) is 6.83. The lowest BCUT2D eigenvalue weighted by molar-refractivity contribution is -0.117. The predicted molar refractivity (Wildman–Crippen MR) is 84.2 cm³/mol. The van der Waals surface area contributed by atoms with Crippen molar-refractivity contribution >= 4 is 11.6 Å². The number of hydrogen-bond donors (Lipinski definition) is 0. The Kier molecular flexibility index (Phi) is 3.46. The molecule has 2 atom stereocenters. The van der Waals surface area contributed by atoms with Crippen molar-refractivity contribution < 1.29 is 4.79 Å². The number of carbonyl (C=O) groups is 1. The van der Waals surface area contributed by atoms with E-state index >= 15 is 0 Å². The van der Waals surface area contributed by atoms with E-state index in [1.165, 1.54) is 37.8 Å². The average Bonchev–Trinajstić information content (AvgIpc) is 3.19. The third-order valence-corrected chi connectivity index (χ3v) is 5.58. The number of benzene rings is 1. The quantitative estimate of drug-likeness (QED) is 0.851. The molecule has 3 fully saturated rings. The van der Waals surface area contributed by atoms with E-state index in [9.17, 15) is 4.79 Å². The molecule has 4 rings (SSSR count). The molecule has 2 aliphatic heterocycles. The zero-order valence-electron chi connectivity index (χ0n) is 12.6. The minimum absolute atomic E-state index is 0.274. The lowest BCUT2D eigenvalue weighted by Crippen LogP contribution is -2.29. The molecular formula is C18H24N2O. The molecule has 2 heterocycles. The largest absolute Gasteiger partial charge is 0.312 e. The second-order valence-corrected chi connectivity index (χ2v) is 6.83. The van der Waals surface area contributed by atoms with Crippen LogP contribution in [0.25, 0.3) is 0 Å². The smallest absolute Gasteiger partial charge is 0.227 e. The van der Waals surface area contributed by atoms with Gasteiger partial charge in [-0.2, -0.15) is 0 Å². The minimum Gasteiger partial charge on any atom is -0.312 e. The van der Waals surface area contributed by atoms with Gasteiger partial charge in [0.2, 0.25) is 5.91 Å². The van der Waals surface area contributed by atoms with Gasteiger partial charge >= 0.3 is 0 Å². The Morgan fingerprint density at radius 2 is 1.86 bits per heavy atom. The summed E-state index contributed by atoms with van der Waals surface area (Å²) in [5, 5.41) is 0. The normalized spacial score (nSPS) is 29.3. The maximum absolute atomic E-state index is 11.8. The lowest BCUT2D eigenvalue weighted by Gasteiger charge is -2.24. The van der Waals surface area contributed by atoms with Crippen LogP contribution >= 0.6 is 0 Å². The lowest BCUT2D eigenvalue weighted by atomic mass is 10.0. The van der Waals surface area contributed by atoms with E-state index in [4.69, 9.17) is 0 Å². The van der Waals surface area contributed by atoms with E-state index in [2.05, 4.69) is 29.2 Å². The number of rotatable bonds is 3. The molecule has 0 bridgehead atoms. The molecule has 1 saturated carbocycles. The minimum atomic E-state index is 0.274. The van der Waals surface area contributed by atoms with Crippen molar-refractivity contribution in [3.8, 4) is 0 Å². The van der Waals surface area contributed by atoms with E-state index in [1.54, 1.807) is 0 Å². The van der Waals surface area contributed by atoms with E-state index in [1.807, 2.05) is 4.90 Å². The van der Waals surface area contributed by atoms with Crippen LogP contribution in [-0.4, -0.2) is 29.9 Å². The fourth-order valence-corrected chi connectivity index (χ4v) is 4.47. The van der Waals surface area contributed by atoms with Crippen molar-refractivity contribution in [3.05, 3.63) is 29.8 Å². The van der Waals surface area contributed by atoms with Gasteiger partial charge in [0.25, 0.3) is 0 Å². The van der Waals surface area contributed by atoms with E-state index < -0.39 is 0 Å². The number of amides is 1. The first-order valence-electron chi connectivity index (χ1n) is 8.44. The van der Waals surface area contributed by atoms with Crippen LogP contribution in [-0.2, 0) is 11.3 Å². The van der Waals surface area contributed by atoms with Crippen LogP contribution in [0.15, 0.2) is 24.3 Å². The van der Waals surface area contributed by atoms with Crippen LogP contribution < -0.4 is 4.90 Å². The highest BCUT2D eigenvalue weighted by molar-refractivity contribution is 5.95. The first-order valence-corrected chi connectivity index (χ1v) is 8.44. The molecule has 1 amide bonds. The number of hydrogen-bond acceptors (Lipinski definition) is 2. The zero-order chi connectivity index (χ0) is 14.2. The topological polar surface area (TPSA) is 23.6 Å². The maximum Gasteiger partial charge on any atom is 0.227 e. The highest BCUT2D eigenvalue weighted by atomic mass is 16.2. The molecule has 0 N–H and O–H groups in total. The van der Waals surface area contributed by atoms with Gasteiger partial charge in [0.1, 0.15) is 0 Å². The molecule has 0 aromatic heterocycles. The molecule has 1 aromatic rings. The Morgan fingerprint density at radius 3 is 2.62 bits per heavy atom. The molecule has 1 aromatic carbocycles. The Hall–Kier alpha value is -1.35. The fourth-order valence-electron chi connectivity index (χ4n) is 4.47. The molecule has 0 radical (unpaired) electrons. The van der Waals surface area contributed by atoms with Gasteiger partial charge in [0, 0.05) is 31.2 Å². The van der Waals surface area contributed by atoms with Gasteiger partial charge in [0.05, 0.1) is 0 Å². The number of anilines is 1. The molecular weight excluding hydrogens is 260 g/mol. The summed E-state index contributed by atoms with van der Waals surface area (Å²) in [6, 6.07) is 9.51. The fraction of sp³-hybridized carbons (Fsp3) is 0.611. The van der Waals surface area contributed by atoms with Crippen molar-refractivity contribution in [1.82, 2.24) is 4.90 Å². The third-order valence-electron chi connectivity index (χ3n) is 5.58. The highest BCUT2D eigenvalue weighted by Gasteiger charge is 2.37. The van der Waals surface area contributed by atoms with Crippen LogP contribution in [0.4, 0.5) is 5.69 Å². The van der Waals surface area contributed by atoms with E-state index in [0.29, 0.717) is 6.42 Å². The van der Waals surface area contributed by atoms with Gasteiger partial charge in [-0.15, -0.1) is 0 Å². The van der Waals surface area contributed by atoms with Crippen molar-refractivity contribution in [1.29, 1.82) is 0 Å². The molecule has 0 spiro atoms. The van der Waals surface area contributed by atoms with Crippen molar-refractivity contribution in [3.63, 3.8) is 0 Å². The molecule has 3 nitrogen and oxygen atoms in total. The standard InChI is InChI=1S/C18H24N2O/c21-18-5-2-11-20(18)16-8-6-14(7-9-16)13-19-12-10-15-3-1-4-17(15)19/h6-9,15,17H,1-5,10-13H2/t15-,17?/m1/s1. The summed E-state index contributed by atoms with van der Waals surface area (Å²) in [6.07, 6.45) is 7.35. The monoisotopic (exact) mass is 284 g/mol. The van der Waals surface area contributed by atoms with Crippen molar-refractivity contribution in [2.45, 2.75) is 51.1 Å². The summed E-state index contributed by atoms with van der Waals surface area (Å²) in [5.41, 5.74) is 2.46.